The van der Waals surface area contributed by atoms with E-state index in [0.717, 1.165) is 31.2 Å². The zero-order valence-electron chi connectivity index (χ0n) is 24.9. The Balaban J connectivity index is 1.38. The molecule has 8 heteroatoms. The van der Waals surface area contributed by atoms with Crippen LogP contribution in [0.1, 0.15) is 64.9 Å². The minimum Gasteiger partial charge on any atom is -0.469 e. The van der Waals surface area contributed by atoms with Gasteiger partial charge in [0.15, 0.2) is 8.32 Å². The molecule has 4 aliphatic carbocycles. The molecule has 0 aromatic heterocycles. The molecule has 7 nitrogen and oxygen atoms in total. The van der Waals surface area contributed by atoms with E-state index < -0.39 is 43.2 Å². The normalized spacial score (nSPS) is 41.8. The van der Waals surface area contributed by atoms with Crippen molar-refractivity contribution in [1.29, 1.82) is 0 Å². The fourth-order valence-electron chi connectivity index (χ4n) is 9.47. The summed E-state index contributed by atoms with van der Waals surface area (Å²) >= 11 is 0. The zero-order chi connectivity index (χ0) is 28.7. The van der Waals surface area contributed by atoms with Gasteiger partial charge in [0.1, 0.15) is 11.0 Å². The number of carbonyl (C=O) groups excluding carboxylic acids is 2. The van der Waals surface area contributed by atoms with Gasteiger partial charge in [-0.25, -0.2) is 0 Å². The minimum absolute atomic E-state index is 0.0257. The van der Waals surface area contributed by atoms with E-state index in [0.29, 0.717) is 25.4 Å². The Labute approximate surface area is 239 Å². The van der Waals surface area contributed by atoms with Gasteiger partial charge in [0.25, 0.3) is 0 Å². The SMILES string of the molecule is COC(=O)[C@H]1[C@H]2[C@@]3(CC[C@H](O)[C@]2(COCc2ccccc2)C(=O)O3)[C@@H]2CC[C@@H]3C[C@@]21C[C@@H]3O[Si](C)(C)C(C)(C)C. The van der Waals surface area contributed by atoms with Crippen LogP contribution >= 0.6 is 0 Å². The minimum atomic E-state index is -2.04. The molecule has 0 unspecified atom stereocenters. The lowest BCUT2D eigenvalue weighted by atomic mass is 9.58. The summed E-state index contributed by atoms with van der Waals surface area (Å²) in [6, 6.07) is 9.82. The molecule has 5 fully saturated rings. The second kappa shape index (κ2) is 9.38. The Kier molecular flexibility index (Phi) is 6.66. The van der Waals surface area contributed by atoms with Crippen LogP contribution in [0.3, 0.4) is 0 Å². The van der Waals surface area contributed by atoms with Gasteiger partial charge in [-0.05, 0) is 73.6 Å². The summed E-state index contributed by atoms with van der Waals surface area (Å²) in [5, 5.41) is 11.7. The molecule has 4 bridgehead atoms. The standard InChI is InChI=1S/C32H46O7Si/c1-29(2,3)40(5,6)39-22-17-30-16-21(22)12-13-23(30)32-15-14-24(33)31(28(35)38-32,26(32)25(30)27(34)36-4)19-37-18-20-10-8-7-9-11-20/h7-11,21-26,33H,12-19H2,1-6H3/t21-,22+,23-,24+,25-,26-,30-,31+,32-/m1/s1. The van der Waals surface area contributed by atoms with Crippen molar-refractivity contribution in [1.82, 2.24) is 0 Å². The van der Waals surface area contributed by atoms with Gasteiger partial charge < -0.3 is 23.7 Å². The molecule has 0 amide bonds. The van der Waals surface area contributed by atoms with Crippen LogP contribution in [0.2, 0.25) is 18.1 Å². The van der Waals surface area contributed by atoms with Crippen molar-refractivity contribution in [2.75, 3.05) is 13.7 Å². The maximum absolute atomic E-state index is 13.9. The van der Waals surface area contributed by atoms with Gasteiger partial charge in [-0.15, -0.1) is 0 Å². The van der Waals surface area contributed by atoms with Gasteiger partial charge >= 0.3 is 11.9 Å². The predicted molar refractivity (Wildman–Crippen MR) is 152 cm³/mol. The van der Waals surface area contributed by atoms with Gasteiger partial charge in [0.2, 0.25) is 0 Å². The van der Waals surface area contributed by atoms with Gasteiger partial charge in [0.05, 0.1) is 32.3 Å². The second-order valence-corrected chi connectivity index (χ2v) is 19.6. The Hall–Kier alpha value is -1.74. The number of carbonyl (C=O) groups is 2. The zero-order valence-corrected chi connectivity index (χ0v) is 25.9. The highest BCUT2D eigenvalue weighted by molar-refractivity contribution is 6.74. The first-order valence-corrected chi connectivity index (χ1v) is 18.0. The number of esters is 2. The summed E-state index contributed by atoms with van der Waals surface area (Å²) in [6.45, 7) is 11.7. The Morgan fingerprint density at radius 1 is 1.12 bits per heavy atom. The molecule has 1 aromatic rings. The van der Waals surface area contributed by atoms with Crippen LogP contribution in [0.15, 0.2) is 30.3 Å². The number of ether oxygens (including phenoxy) is 3. The quantitative estimate of drug-likeness (QED) is 0.353. The number of fused-ring (bicyclic) bond motifs is 1. The molecule has 1 aromatic carbocycles. The summed E-state index contributed by atoms with van der Waals surface area (Å²) in [5.74, 6) is -1.29. The lowest BCUT2D eigenvalue weighted by molar-refractivity contribution is -0.169. The van der Waals surface area contributed by atoms with Gasteiger partial charge in [-0.2, -0.15) is 0 Å². The average molecular weight is 571 g/mol. The van der Waals surface area contributed by atoms with Crippen LogP contribution in [-0.2, 0) is 34.8 Å². The molecule has 40 heavy (non-hydrogen) atoms. The van der Waals surface area contributed by atoms with Crippen LogP contribution in [-0.4, -0.2) is 56.9 Å². The van der Waals surface area contributed by atoms with Crippen molar-refractivity contribution in [3.63, 3.8) is 0 Å². The van der Waals surface area contributed by atoms with Crippen molar-refractivity contribution in [2.24, 2.45) is 34.5 Å². The first-order chi connectivity index (χ1) is 18.8. The number of benzene rings is 1. The number of aliphatic hydroxyl groups is 1. The molecule has 1 N–H and O–H groups in total. The molecule has 0 radical (unpaired) electrons. The lowest BCUT2D eigenvalue weighted by Gasteiger charge is -2.45. The van der Waals surface area contributed by atoms with E-state index in [1.54, 1.807) is 0 Å². The van der Waals surface area contributed by atoms with E-state index in [4.69, 9.17) is 18.6 Å². The Morgan fingerprint density at radius 3 is 2.52 bits per heavy atom. The van der Waals surface area contributed by atoms with Gasteiger partial charge in [-0.3, -0.25) is 9.59 Å². The van der Waals surface area contributed by atoms with E-state index >= 15 is 0 Å². The number of hydrogen-bond acceptors (Lipinski definition) is 7. The molecule has 1 spiro atoms. The fraction of sp³-hybridized carbons (Fsp3) is 0.750. The van der Waals surface area contributed by atoms with Crippen LogP contribution in [0, 0.1) is 34.5 Å². The highest BCUT2D eigenvalue weighted by Crippen LogP contribution is 2.78. The maximum Gasteiger partial charge on any atom is 0.318 e. The summed E-state index contributed by atoms with van der Waals surface area (Å²) in [4.78, 5) is 27.8. The molecule has 5 aliphatic rings. The second-order valence-electron chi connectivity index (χ2n) is 14.8. The predicted octanol–water partition coefficient (Wildman–Crippen LogP) is 5.26. The lowest BCUT2D eigenvalue weighted by Crippen LogP contribution is -2.57. The fourth-order valence-corrected chi connectivity index (χ4v) is 10.9. The molecule has 1 heterocycles. The number of rotatable bonds is 7. The van der Waals surface area contributed by atoms with Crippen molar-refractivity contribution < 1.29 is 33.3 Å². The maximum atomic E-state index is 13.9. The van der Waals surface area contributed by atoms with E-state index in [9.17, 15) is 14.7 Å². The van der Waals surface area contributed by atoms with Gasteiger partial charge in [-0.1, -0.05) is 51.1 Å². The van der Waals surface area contributed by atoms with E-state index in [-0.39, 0.29) is 35.1 Å². The Morgan fingerprint density at radius 2 is 1.85 bits per heavy atom. The summed E-state index contributed by atoms with van der Waals surface area (Å²) in [5.41, 5.74) is -1.44. The largest absolute Gasteiger partial charge is 0.469 e. The van der Waals surface area contributed by atoms with E-state index in [2.05, 4.69) is 33.9 Å². The van der Waals surface area contributed by atoms with Crippen molar-refractivity contribution in [3.8, 4) is 0 Å². The third-order valence-corrected chi connectivity index (χ3v) is 16.6. The molecule has 9 atom stereocenters. The topological polar surface area (TPSA) is 91.3 Å². The monoisotopic (exact) mass is 570 g/mol. The summed E-state index contributed by atoms with van der Waals surface area (Å²) < 4.78 is 25.3. The van der Waals surface area contributed by atoms with Crippen LogP contribution in [0.25, 0.3) is 0 Å². The Bertz CT molecular complexity index is 1160. The summed E-state index contributed by atoms with van der Waals surface area (Å²) in [7, 11) is -0.595. The molecule has 6 rings (SSSR count). The number of aliphatic hydroxyl groups excluding tert-OH is 1. The third-order valence-electron chi connectivity index (χ3n) is 12.1. The first kappa shape index (κ1) is 28.4. The third kappa shape index (κ3) is 3.78. The van der Waals surface area contributed by atoms with Crippen molar-refractivity contribution in [2.45, 2.75) is 102 Å². The molecule has 1 aliphatic heterocycles. The molecular formula is C32H46O7Si. The van der Waals surface area contributed by atoms with Gasteiger partial charge in [0, 0.05) is 17.9 Å². The van der Waals surface area contributed by atoms with Crippen LogP contribution in [0.5, 0.6) is 0 Å². The van der Waals surface area contributed by atoms with E-state index in [1.165, 1.54) is 7.11 Å². The highest BCUT2D eigenvalue weighted by Gasteiger charge is 2.85. The first-order valence-electron chi connectivity index (χ1n) is 15.1. The van der Waals surface area contributed by atoms with Crippen molar-refractivity contribution >= 4 is 20.3 Å². The van der Waals surface area contributed by atoms with Crippen LogP contribution in [0.4, 0.5) is 0 Å². The molecule has 220 valence electrons. The number of methoxy groups -OCH3 is 1. The van der Waals surface area contributed by atoms with Crippen LogP contribution < -0.4 is 0 Å². The summed E-state index contributed by atoms with van der Waals surface area (Å²) in [6.07, 6.45) is 3.75. The highest BCUT2D eigenvalue weighted by atomic mass is 28.4. The number of hydrogen-bond donors (Lipinski definition) is 1. The molecule has 4 saturated carbocycles. The smallest absolute Gasteiger partial charge is 0.318 e. The van der Waals surface area contributed by atoms with Crippen molar-refractivity contribution in [3.05, 3.63) is 35.9 Å². The average Bonchev–Trinajstić information content (AvgIpc) is 3.38. The molecule has 1 saturated heterocycles. The van der Waals surface area contributed by atoms with E-state index in [1.807, 2.05) is 30.3 Å². The molecular weight excluding hydrogens is 524 g/mol.